The minimum absolute atomic E-state index is 0.00183. The van der Waals surface area contributed by atoms with Gasteiger partial charge in [0.25, 0.3) is 15.9 Å². The highest BCUT2D eigenvalue weighted by Gasteiger charge is 2.45. The molecule has 0 radical (unpaired) electrons. The Kier molecular flexibility index (Phi) is 9.28. The van der Waals surface area contributed by atoms with Crippen molar-refractivity contribution in [2.45, 2.75) is 74.8 Å². The van der Waals surface area contributed by atoms with Gasteiger partial charge in [0.1, 0.15) is 11.9 Å². The number of fused-ring (bicyclic) bond motifs is 4. The van der Waals surface area contributed by atoms with Crippen molar-refractivity contribution in [1.29, 1.82) is 0 Å². The normalized spacial score (nSPS) is 28.5. The molecule has 254 valence electrons. The van der Waals surface area contributed by atoms with Crippen molar-refractivity contribution >= 4 is 39.3 Å². The third-order valence-electron chi connectivity index (χ3n) is 10.7. The van der Waals surface area contributed by atoms with Gasteiger partial charge in [-0.25, -0.2) is 17.9 Å². The first-order chi connectivity index (χ1) is 22.3. The van der Waals surface area contributed by atoms with Gasteiger partial charge in [-0.2, -0.15) is 0 Å². The van der Waals surface area contributed by atoms with E-state index in [0.29, 0.717) is 49.2 Å². The van der Waals surface area contributed by atoms with Gasteiger partial charge < -0.3 is 19.7 Å². The molecule has 6 rings (SSSR count). The van der Waals surface area contributed by atoms with Crippen LogP contribution < -0.4 is 19.7 Å². The van der Waals surface area contributed by atoms with Gasteiger partial charge in [0, 0.05) is 42.5 Å². The van der Waals surface area contributed by atoms with Gasteiger partial charge in [-0.05, 0) is 113 Å². The van der Waals surface area contributed by atoms with Crippen molar-refractivity contribution in [1.82, 2.24) is 14.9 Å². The molecule has 0 saturated heterocycles. The molecule has 4 aliphatic rings. The third kappa shape index (κ3) is 6.58. The van der Waals surface area contributed by atoms with E-state index in [1.54, 1.807) is 37.9 Å². The fourth-order valence-corrected chi connectivity index (χ4v) is 8.76. The van der Waals surface area contributed by atoms with Crippen LogP contribution in [-0.4, -0.2) is 76.8 Å². The highest BCUT2D eigenvalue weighted by Crippen LogP contribution is 2.47. The van der Waals surface area contributed by atoms with Crippen LogP contribution in [-0.2, 0) is 31.4 Å². The average Bonchev–Trinajstić information content (AvgIpc) is 3.15. The van der Waals surface area contributed by atoms with E-state index < -0.39 is 33.7 Å². The van der Waals surface area contributed by atoms with Crippen molar-refractivity contribution in [3.05, 3.63) is 64.7 Å². The minimum Gasteiger partial charge on any atom is -0.490 e. The number of carbonyl (C=O) groups is 2. The molecule has 1 fully saturated rings. The number of nitrogens with one attached hydrogen (secondary N) is 2. The SMILES string of the molecule is CCNC(=O)O[C@H]1C=CCN(C)C(C)(C)C(=O)NS(=O)(=O)c2ccc3c(c2)N(C[C@@H]2CC[C@H]21)C[C@@]1(CCCc2cc(Cl)ccc21)CO3. The van der Waals surface area contributed by atoms with Gasteiger partial charge in [0.2, 0.25) is 0 Å². The van der Waals surface area contributed by atoms with Crippen molar-refractivity contribution in [3.63, 3.8) is 0 Å². The molecule has 2 N–H and O–H groups in total. The van der Waals surface area contributed by atoms with Crippen molar-refractivity contribution < 1.29 is 27.5 Å². The summed E-state index contributed by atoms with van der Waals surface area (Å²) in [6.07, 6.45) is 7.56. The number of benzene rings is 2. The van der Waals surface area contributed by atoms with Crippen LogP contribution in [0.3, 0.4) is 0 Å². The summed E-state index contributed by atoms with van der Waals surface area (Å²) in [5.41, 5.74) is 1.60. The number of hydrogen-bond acceptors (Lipinski definition) is 8. The zero-order valence-electron chi connectivity index (χ0n) is 27.6. The summed E-state index contributed by atoms with van der Waals surface area (Å²) in [7, 11) is -2.44. The fraction of sp³-hybridized carbons (Fsp3) is 0.543. The highest BCUT2D eigenvalue weighted by molar-refractivity contribution is 7.90. The van der Waals surface area contributed by atoms with Crippen LogP contribution in [0.4, 0.5) is 10.5 Å². The molecule has 2 aromatic rings. The predicted octanol–water partition coefficient (Wildman–Crippen LogP) is 5.04. The first-order valence-electron chi connectivity index (χ1n) is 16.5. The smallest absolute Gasteiger partial charge is 0.407 e. The third-order valence-corrected chi connectivity index (χ3v) is 12.2. The molecular weight excluding hydrogens is 640 g/mol. The summed E-state index contributed by atoms with van der Waals surface area (Å²) in [5, 5.41) is 3.46. The van der Waals surface area contributed by atoms with E-state index in [1.165, 1.54) is 17.2 Å². The Morgan fingerprint density at radius 1 is 1.19 bits per heavy atom. The van der Waals surface area contributed by atoms with Crippen molar-refractivity contribution in [2.24, 2.45) is 11.8 Å². The lowest BCUT2D eigenvalue weighted by Crippen LogP contribution is -2.54. The Hall–Kier alpha value is -3.28. The molecule has 0 aromatic heterocycles. The van der Waals surface area contributed by atoms with Gasteiger partial charge in [-0.15, -0.1) is 0 Å². The number of amides is 2. The topological polar surface area (TPSA) is 117 Å². The summed E-state index contributed by atoms with van der Waals surface area (Å²) in [4.78, 5) is 30.2. The van der Waals surface area contributed by atoms with Crippen LogP contribution in [0.25, 0.3) is 0 Å². The van der Waals surface area contributed by atoms with Gasteiger partial charge in [-0.1, -0.05) is 23.7 Å². The number of likely N-dealkylation sites (N-methyl/N-ethyl adjacent to an activating group) is 1. The molecule has 2 aliphatic heterocycles. The predicted molar refractivity (Wildman–Crippen MR) is 182 cm³/mol. The standard InChI is InChI=1S/C35H45ClN4O6S/c1-5-37-33(42)46-30-9-7-17-39(4)34(2,3)32(41)38-47(43,44)26-12-15-31-29(19-26)40(20-24-10-13-27(24)30)21-35(22-45-31)16-6-8-23-18-25(36)11-14-28(23)35/h7,9,11-12,14-15,18-19,24,27,30H,5-6,8,10,13,16-17,20-22H2,1-4H3,(H,37,42)(H,38,41)/t24-,27+,30-,35-/m0/s1. The first-order valence-corrected chi connectivity index (χ1v) is 18.4. The maximum Gasteiger partial charge on any atom is 0.407 e. The molecule has 2 amide bonds. The molecule has 10 nitrogen and oxygen atoms in total. The molecule has 4 atom stereocenters. The van der Waals surface area contributed by atoms with Crippen LogP contribution in [0.5, 0.6) is 5.75 Å². The molecule has 2 heterocycles. The second kappa shape index (κ2) is 13.0. The molecule has 2 aromatic carbocycles. The monoisotopic (exact) mass is 684 g/mol. The fourth-order valence-electron chi connectivity index (χ4n) is 7.44. The van der Waals surface area contributed by atoms with E-state index in [9.17, 15) is 18.0 Å². The molecule has 2 aliphatic carbocycles. The largest absolute Gasteiger partial charge is 0.490 e. The summed E-state index contributed by atoms with van der Waals surface area (Å²) >= 11 is 6.42. The molecule has 47 heavy (non-hydrogen) atoms. The maximum atomic E-state index is 13.7. The van der Waals surface area contributed by atoms with Crippen LogP contribution in [0.15, 0.2) is 53.4 Å². The van der Waals surface area contributed by atoms with E-state index in [-0.39, 0.29) is 22.1 Å². The van der Waals surface area contributed by atoms with Gasteiger partial charge in [0.05, 0.1) is 22.7 Å². The maximum absolute atomic E-state index is 13.7. The first kappa shape index (κ1) is 33.6. The lowest BCUT2D eigenvalue weighted by molar-refractivity contribution is -0.128. The van der Waals surface area contributed by atoms with Crippen LogP contribution in [0.1, 0.15) is 57.6 Å². The number of nitrogens with zero attached hydrogens (tertiary/aromatic N) is 2. The second-order valence-electron chi connectivity index (χ2n) is 13.9. The van der Waals surface area contributed by atoms with Gasteiger partial charge in [-0.3, -0.25) is 9.69 Å². The molecule has 12 heteroatoms. The lowest BCUT2D eigenvalue weighted by atomic mass is 9.68. The van der Waals surface area contributed by atoms with E-state index >= 15 is 0 Å². The molecule has 2 bridgehead atoms. The number of alkyl carbamates (subject to hydrolysis) is 1. The number of aryl methyl sites for hydroxylation is 1. The average molecular weight is 685 g/mol. The zero-order valence-corrected chi connectivity index (χ0v) is 29.1. The summed E-state index contributed by atoms with van der Waals surface area (Å²) < 4.78 is 42.3. The summed E-state index contributed by atoms with van der Waals surface area (Å²) in [6, 6.07) is 10.9. The Balaban J connectivity index is 1.44. The van der Waals surface area contributed by atoms with Gasteiger partial charge >= 0.3 is 6.09 Å². The zero-order chi connectivity index (χ0) is 33.6. The lowest BCUT2D eigenvalue weighted by Gasteiger charge is -2.46. The van der Waals surface area contributed by atoms with Crippen molar-refractivity contribution in [2.75, 3.05) is 44.7 Å². The molecule has 1 spiro atoms. The Bertz CT molecular complexity index is 1680. The van der Waals surface area contributed by atoms with Crippen LogP contribution in [0, 0.1) is 11.8 Å². The molecular formula is C35H45ClN4O6S. The van der Waals surface area contributed by atoms with E-state index in [4.69, 9.17) is 21.1 Å². The number of anilines is 1. The number of carbonyl (C=O) groups excluding carboxylic acids is 2. The van der Waals surface area contributed by atoms with E-state index in [1.807, 2.05) is 31.2 Å². The minimum atomic E-state index is -4.20. The second-order valence-corrected chi connectivity index (χ2v) is 16.1. The number of rotatable bonds is 2. The number of ether oxygens (including phenoxy) is 2. The Morgan fingerprint density at radius 2 is 2.00 bits per heavy atom. The summed E-state index contributed by atoms with van der Waals surface area (Å²) in [5.74, 6) is 0.197. The molecule has 1 saturated carbocycles. The van der Waals surface area contributed by atoms with Crippen molar-refractivity contribution in [3.8, 4) is 5.75 Å². The van der Waals surface area contributed by atoms with Gasteiger partial charge in [0.15, 0.2) is 0 Å². The number of halogens is 1. The number of sulfonamides is 1. The Morgan fingerprint density at radius 3 is 2.74 bits per heavy atom. The number of hydrogen-bond donors (Lipinski definition) is 2. The quantitative estimate of drug-likeness (QED) is 0.423. The van der Waals surface area contributed by atoms with E-state index in [0.717, 1.165) is 32.1 Å². The Labute approximate surface area is 282 Å². The highest BCUT2D eigenvalue weighted by atomic mass is 35.5. The van der Waals surface area contributed by atoms with Crippen LogP contribution >= 0.6 is 11.6 Å². The molecule has 0 unspecified atom stereocenters. The van der Waals surface area contributed by atoms with E-state index in [2.05, 4.69) is 21.0 Å². The summed E-state index contributed by atoms with van der Waals surface area (Å²) in [6.45, 7) is 7.70. The van der Waals surface area contributed by atoms with Crippen LogP contribution in [0.2, 0.25) is 5.02 Å².